The van der Waals surface area contributed by atoms with Crippen molar-refractivity contribution in [1.82, 2.24) is 4.98 Å². The third-order valence-corrected chi connectivity index (χ3v) is 5.15. The number of hydrogen-bond acceptors (Lipinski definition) is 4. The van der Waals surface area contributed by atoms with Gasteiger partial charge < -0.3 is 10.2 Å². The molecule has 0 aliphatic rings. The highest BCUT2D eigenvalue weighted by atomic mass is 32.1. The van der Waals surface area contributed by atoms with Crippen LogP contribution in [0, 0.1) is 18.6 Å². The van der Waals surface area contributed by atoms with Gasteiger partial charge in [-0.2, -0.15) is 0 Å². The molecule has 27 heavy (non-hydrogen) atoms. The van der Waals surface area contributed by atoms with Gasteiger partial charge >= 0.3 is 0 Å². The van der Waals surface area contributed by atoms with Gasteiger partial charge in [0.05, 0.1) is 0 Å². The Morgan fingerprint density at radius 3 is 2.59 bits per heavy atom. The van der Waals surface area contributed by atoms with E-state index in [4.69, 9.17) is 0 Å². The molecule has 0 fully saturated rings. The van der Waals surface area contributed by atoms with E-state index in [1.54, 1.807) is 6.07 Å². The largest absolute Gasteiger partial charge is 0.343 e. The molecule has 0 unspecified atom stereocenters. The summed E-state index contributed by atoms with van der Waals surface area (Å²) in [5.74, 6) is -1.15. The Kier molecular flexibility index (Phi) is 6.13. The molecule has 0 atom stereocenters. The van der Waals surface area contributed by atoms with E-state index in [1.807, 2.05) is 37.3 Å². The summed E-state index contributed by atoms with van der Waals surface area (Å²) in [5.41, 5.74) is 1.83. The molecule has 3 aromatic rings. The highest BCUT2D eigenvalue weighted by Gasteiger charge is 2.15. The third-order valence-electron chi connectivity index (χ3n) is 4.12. The summed E-state index contributed by atoms with van der Waals surface area (Å²) in [5, 5.41) is 3.37. The Balaban J connectivity index is 1.81. The lowest BCUT2D eigenvalue weighted by atomic mass is 10.1. The molecule has 3 rings (SSSR count). The minimum Gasteiger partial charge on any atom is -0.343 e. The second kappa shape index (κ2) is 8.73. The highest BCUT2D eigenvalue weighted by molar-refractivity contribution is 7.16. The molecule has 1 amide bonds. The highest BCUT2D eigenvalue weighted by Crippen LogP contribution is 2.30. The molecule has 0 aliphatic heterocycles. The number of nitrogens with zero attached hydrogens (tertiary/aromatic N) is 2. The van der Waals surface area contributed by atoms with E-state index < -0.39 is 11.6 Å². The van der Waals surface area contributed by atoms with Gasteiger partial charge in [-0.3, -0.25) is 4.79 Å². The zero-order valence-corrected chi connectivity index (χ0v) is 15.6. The average Bonchev–Trinajstić information content (AvgIpc) is 3.03. The van der Waals surface area contributed by atoms with Gasteiger partial charge in [0, 0.05) is 18.0 Å². The number of hydrogen-bond donors (Lipinski definition) is 1. The van der Waals surface area contributed by atoms with E-state index in [0.29, 0.717) is 37.3 Å². The number of anilines is 2. The maximum Gasteiger partial charge on any atom is 0.212 e. The quantitative estimate of drug-likeness (QED) is 0.577. The molecule has 0 radical (unpaired) electrons. The Morgan fingerprint density at radius 2 is 1.89 bits per heavy atom. The SMILES string of the molecule is Cc1sc(N(CCc2ccc(F)c(F)c2)Cc2ccccc2)nc1NC=O. The van der Waals surface area contributed by atoms with Crippen LogP contribution in [0.15, 0.2) is 48.5 Å². The number of benzene rings is 2. The van der Waals surface area contributed by atoms with Crippen molar-refractivity contribution in [3.8, 4) is 0 Å². The van der Waals surface area contributed by atoms with Crippen molar-refractivity contribution in [3.63, 3.8) is 0 Å². The van der Waals surface area contributed by atoms with Crippen molar-refractivity contribution in [3.05, 3.63) is 76.2 Å². The van der Waals surface area contributed by atoms with Crippen LogP contribution in [-0.2, 0) is 17.8 Å². The number of aromatic nitrogens is 1. The average molecular weight is 387 g/mol. The molecule has 0 spiro atoms. The minimum absolute atomic E-state index is 0.538. The van der Waals surface area contributed by atoms with Gasteiger partial charge in [-0.15, -0.1) is 0 Å². The van der Waals surface area contributed by atoms with Crippen LogP contribution in [0.25, 0.3) is 0 Å². The molecule has 1 N–H and O–H groups in total. The van der Waals surface area contributed by atoms with Crippen LogP contribution in [0.3, 0.4) is 0 Å². The third kappa shape index (κ3) is 4.89. The first-order chi connectivity index (χ1) is 13.1. The zero-order valence-electron chi connectivity index (χ0n) is 14.8. The van der Waals surface area contributed by atoms with E-state index >= 15 is 0 Å². The van der Waals surface area contributed by atoms with Crippen molar-refractivity contribution >= 4 is 28.7 Å². The fourth-order valence-corrected chi connectivity index (χ4v) is 3.61. The number of amides is 1. The van der Waals surface area contributed by atoms with E-state index in [9.17, 15) is 13.6 Å². The Morgan fingerprint density at radius 1 is 1.11 bits per heavy atom. The summed E-state index contributed by atoms with van der Waals surface area (Å²) < 4.78 is 26.6. The first-order valence-corrected chi connectivity index (χ1v) is 9.29. The molecule has 2 aromatic carbocycles. The summed E-state index contributed by atoms with van der Waals surface area (Å²) in [6, 6.07) is 13.9. The summed E-state index contributed by atoms with van der Waals surface area (Å²) in [7, 11) is 0. The van der Waals surface area contributed by atoms with Crippen LogP contribution in [0.2, 0.25) is 0 Å². The second-order valence-electron chi connectivity index (χ2n) is 6.07. The predicted octanol–water partition coefficient (Wildman–Crippen LogP) is 4.55. The van der Waals surface area contributed by atoms with Crippen molar-refractivity contribution in [2.24, 2.45) is 0 Å². The van der Waals surface area contributed by atoms with Gasteiger partial charge in [-0.1, -0.05) is 47.7 Å². The lowest BCUT2D eigenvalue weighted by Crippen LogP contribution is -2.25. The molecule has 4 nitrogen and oxygen atoms in total. The first-order valence-electron chi connectivity index (χ1n) is 8.47. The van der Waals surface area contributed by atoms with Crippen LogP contribution < -0.4 is 10.2 Å². The standard InChI is InChI=1S/C20H19F2N3OS/c1-14-19(23-13-26)24-20(27-14)25(12-16-5-3-2-4-6-16)10-9-15-7-8-17(21)18(22)11-15/h2-8,11,13H,9-10,12H2,1H3,(H,23,26). The van der Waals surface area contributed by atoms with Crippen LogP contribution >= 0.6 is 11.3 Å². The zero-order chi connectivity index (χ0) is 19.2. The lowest BCUT2D eigenvalue weighted by Gasteiger charge is -2.22. The molecule has 0 saturated carbocycles. The number of carbonyl (C=O) groups excluding carboxylic acids is 1. The van der Waals surface area contributed by atoms with Crippen molar-refractivity contribution in [1.29, 1.82) is 0 Å². The number of thiazole rings is 1. The topological polar surface area (TPSA) is 45.2 Å². The number of aryl methyl sites for hydroxylation is 1. The van der Waals surface area contributed by atoms with E-state index in [2.05, 4.69) is 15.2 Å². The molecule has 140 valence electrons. The Bertz CT molecular complexity index is 915. The fourth-order valence-electron chi connectivity index (χ4n) is 2.71. The minimum atomic E-state index is -0.847. The first kappa shape index (κ1) is 19.0. The van der Waals surface area contributed by atoms with Crippen LogP contribution in [0.4, 0.5) is 19.7 Å². The smallest absolute Gasteiger partial charge is 0.212 e. The number of halogens is 2. The monoisotopic (exact) mass is 387 g/mol. The lowest BCUT2D eigenvalue weighted by molar-refractivity contribution is -0.105. The molecule has 7 heteroatoms. The maximum absolute atomic E-state index is 13.5. The van der Waals surface area contributed by atoms with Crippen molar-refractivity contribution in [2.75, 3.05) is 16.8 Å². The van der Waals surface area contributed by atoms with Gasteiger partial charge in [0.15, 0.2) is 16.8 Å². The number of carbonyl (C=O) groups is 1. The van der Waals surface area contributed by atoms with Gasteiger partial charge in [0.25, 0.3) is 0 Å². The molecular formula is C20H19F2N3OS. The fraction of sp³-hybridized carbons (Fsp3) is 0.200. The van der Waals surface area contributed by atoms with E-state index in [-0.39, 0.29) is 0 Å². The normalized spacial score (nSPS) is 10.6. The molecule has 0 bridgehead atoms. The van der Waals surface area contributed by atoms with Crippen LogP contribution in [0.5, 0.6) is 0 Å². The number of rotatable bonds is 8. The van der Waals surface area contributed by atoms with Gasteiger partial charge in [0.1, 0.15) is 5.82 Å². The molecular weight excluding hydrogens is 368 g/mol. The van der Waals surface area contributed by atoms with Gasteiger partial charge in [-0.25, -0.2) is 13.8 Å². The summed E-state index contributed by atoms with van der Waals surface area (Å²) in [4.78, 5) is 18.2. The van der Waals surface area contributed by atoms with Crippen LogP contribution in [0.1, 0.15) is 16.0 Å². The molecule has 1 heterocycles. The Hall–Kier alpha value is -2.80. The summed E-state index contributed by atoms with van der Waals surface area (Å²) >= 11 is 1.48. The van der Waals surface area contributed by atoms with Gasteiger partial charge in [-0.05, 0) is 36.6 Å². The number of nitrogens with one attached hydrogen (secondary N) is 1. The summed E-state index contributed by atoms with van der Waals surface area (Å²) in [6.45, 7) is 3.09. The Labute approximate surface area is 160 Å². The predicted molar refractivity (Wildman–Crippen MR) is 104 cm³/mol. The second-order valence-corrected chi connectivity index (χ2v) is 7.25. The van der Waals surface area contributed by atoms with Crippen molar-refractivity contribution < 1.29 is 13.6 Å². The molecule has 1 aromatic heterocycles. The van der Waals surface area contributed by atoms with E-state index in [0.717, 1.165) is 21.6 Å². The van der Waals surface area contributed by atoms with E-state index in [1.165, 1.54) is 17.4 Å². The molecule has 0 aliphatic carbocycles. The molecule has 0 saturated heterocycles. The van der Waals surface area contributed by atoms with Crippen LogP contribution in [-0.4, -0.2) is 17.9 Å². The van der Waals surface area contributed by atoms with Gasteiger partial charge in [0.2, 0.25) is 6.41 Å². The summed E-state index contributed by atoms with van der Waals surface area (Å²) in [6.07, 6.45) is 1.15. The maximum atomic E-state index is 13.5. The van der Waals surface area contributed by atoms with Crippen molar-refractivity contribution in [2.45, 2.75) is 19.9 Å².